The van der Waals surface area contributed by atoms with Crippen LogP contribution in [0.5, 0.6) is 0 Å². The van der Waals surface area contributed by atoms with E-state index in [4.69, 9.17) is 0 Å². The average molecular weight is 195 g/mol. The first-order valence-electron chi connectivity index (χ1n) is 2.46. The van der Waals surface area contributed by atoms with Gasteiger partial charge >= 0.3 is 5.97 Å². The molecule has 0 aliphatic heterocycles. The third-order valence-electron chi connectivity index (χ3n) is 0.608. The molecule has 0 heterocycles. The van der Waals surface area contributed by atoms with Crippen LogP contribution in [-0.2, 0) is 14.3 Å². The SMILES string of the molecule is O=CCCOC(=O)CBr. The molecule has 0 aromatic carbocycles. The van der Waals surface area contributed by atoms with Gasteiger partial charge in [-0.05, 0) is 0 Å². The first-order valence-corrected chi connectivity index (χ1v) is 3.58. The Labute approximate surface area is 61.5 Å². The highest BCUT2D eigenvalue weighted by Crippen LogP contribution is 1.85. The van der Waals surface area contributed by atoms with E-state index in [-0.39, 0.29) is 24.3 Å². The third-order valence-corrected chi connectivity index (χ3v) is 1.07. The van der Waals surface area contributed by atoms with E-state index < -0.39 is 0 Å². The molecule has 9 heavy (non-hydrogen) atoms. The fourth-order valence-corrected chi connectivity index (χ4v) is 0.421. The number of ether oxygens (including phenoxy) is 1. The molecule has 0 spiro atoms. The molecule has 0 atom stereocenters. The first kappa shape index (κ1) is 8.62. The van der Waals surface area contributed by atoms with Crippen LogP contribution in [0.3, 0.4) is 0 Å². The Morgan fingerprint density at radius 3 is 2.78 bits per heavy atom. The number of aldehydes is 1. The molecule has 0 unspecified atom stereocenters. The second-order valence-corrected chi connectivity index (χ2v) is 1.87. The molecule has 0 N–H and O–H groups in total. The minimum Gasteiger partial charge on any atom is -0.465 e. The van der Waals surface area contributed by atoms with Crippen LogP contribution in [0.2, 0.25) is 0 Å². The molecule has 0 aromatic rings. The van der Waals surface area contributed by atoms with Gasteiger partial charge in [-0.15, -0.1) is 0 Å². The standard InChI is InChI=1S/C5H7BrO3/c6-4-5(8)9-3-1-2-7/h2H,1,3-4H2. The molecular weight excluding hydrogens is 188 g/mol. The lowest BCUT2D eigenvalue weighted by Gasteiger charge is -1.96. The number of hydrogen-bond acceptors (Lipinski definition) is 3. The highest BCUT2D eigenvalue weighted by atomic mass is 79.9. The van der Waals surface area contributed by atoms with Crippen molar-refractivity contribution in [2.24, 2.45) is 0 Å². The zero-order valence-corrected chi connectivity index (χ0v) is 6.39. The summed E-state index contributed by atoms with van der Waals surface area (Å²) in [5.41, 5.74) is 0. The highest BCUT2D eigenvalue weighted by molar-refractivity contribution is 9.09. The van der Waals surface area contributed by atoms with Gasteiger partial charge < -0.3 is 9.53 Å². The van der Waals surface area contributed by atoms with Crippen molar-refractivity contribution < 1.29 is 14.3 Å². The molecule has 0 radical (unpaired) electrons. The Kier molecular flexibility index (Phi) is 5.51. The van der Waals surface area contributed by atoms with Crippen molar-refractivity contribution in [3.63, 3.8) is 0 Å². The normalized spacial score (nSPS) is 8.56. The van der Waals surface area contributed by atoms with Gasteiger partial charge in [-0.2, -0.15) is 0 Å². The largest absolute Gasteiger partial charge is 0.465 e. The molecule has 0 fully saturated rings. The summed E-state index contributed by atoms with van der Waals surface area (Å²) in [4.78, 5) is 20.0. The van der Waals surface area contributed by atoms with Gasteiger partial charge in [-0.25, -0.2) is 0 Å². The van der Waals surface area contributed by atoms with Crippen molar-refractivity contribution in [2.45, 2.75) is 6.42 Å². The minimum absolute atomic E-state index is 0.186. The van der Waals surface area contributed by atoms with Crippen LogP contribution in [0, 0.1) is 0 Å². The van der Waals surface area contributed by atoms with Gasteiger partial charge in [0.25, 0.3) is 0 Å². The fraction of sp³-hybridized carbons (Fsp3) is 0.600. The maximum absolute atomic E-state index is 10.3. The molecule has 4 heteroatoms. The molecule has 0 bridgehead atoms. The van der Waals surface area contributed by atoms with Crippen LogP contribution in [-0.4, -0.2) is 24.2 Å². The van der Waals surface area contributed by atoms with Crippen molar-refractivity contribution in [3.8, 4) is 0 Å². The zero-order valence-electron chi connectivity index (χ0n) is 4.80. The van der Waals surface area contributed by atoms with Gasteiger partial charge in [0.05, 0.1) is 6.61 Å². The Bertz CT molecular complexity index is 102. The van der Waals surface area contributed by atoms with Crippen molar-refractivity contribution in [1.82, 2.24) is 0 Å². The van der Waals surface area contributed by atoms with E-state index in [1.54, 1.807) is 0 Å². The second-order valence-electron chi connectivity index (χ2n) is 1.31. The Morgan fingerprint density at radius 1 is 1.67 bits per heavy atom. The number of alkyl halides is 1. The van der Waals surface area contributed by atoms with E-state index in [9.17, 15) is 9.59 Å². The lowest BCUT2D eigenvalue weighted by molar-refractivity contribution is -0.140. The van der Waals surface area contributed by atoms with E-state index in [1.165, 1.54) is 0 Å². The molecular formula is C5H7BrO3. The van der Waals surface area contributed by atoms with Crippen LogP contribution in [0.4, 0.5) is 0 Å². The van der Waals surface area contributed by atoms with Crippen LogP contribution < -0.4 is 0 Å². The number of hydrogen-bond donors (Lipinski definition) is 0. The third kappa shape index (κ3) is 5.49. The smallest absolute Gasteiger partial charge is 0.316 e. The summed E-state index contributed by atoms with van der Waals surface area (Å²) >= 11 is 2.90. The Balaban J connectivity index is 3.06. The number of carbonyl (C=O) groups is 2. The van der Waals surface area contributed by atoms with E-state index in [2.05, 4.69) is 20.7 Å². The summed E-state index contributed by atoms with van der Waals surface area (Å²) in [7, 11) is 0. The molecule has 0 aliphatic carbocycles. The summed E-state index contributed by atoms with van der Waals surface area (Å²) in [6.07, 6.45) is 0.986. The Hall–Kier alpha value is -0.380. The number of carbonyl (C=O) groups excluding carboxylic acids is 2. The predicted molar refractivity (Wildman–Crippen MR) is 35.4 cm³/mol. The summed E-state index contributed by atoms with van der Waals surface area (Å²) in [6, 6.07) is 0. The van der Waals surface area contributed by atoms with Gasteiger partial charge in [-0.3, -0.25) is 4.79 Å². The average Bonchev–Trinajstić information content (AvgIpc) is 1.89. The highest BCUT2D eigenvalue weighted by Gasteiger charge is 1.96. The van der Waals surface area contributed by atoms with Crippen LogP contribution in [0.15, 0.2) is 0 Å². The topological polar surface area (TPSA) is 43.4 Å². The van der Waals surface area contributed by atoms with Gasteiger partial charge in [0.15, 0.2) is 0 Å². The molecule has 0 aliphatic rings. The van der Waals surface area contributed by atoms with Crippen molar-refractivity contribution >= 4 is 28.2 Å². The Morgan fingerprint density at radius 2 is 2.33 bits per heavy atom. The van der Waals surface area contributed by atoms with Gasteiger partial charge in [0, 0.05) is 6.42 Å². The maximum atomic E-state index is 10.3. The molecule has 0 amide bonds. The van der Waals surface area contributed by atoms with E-state index in [0.29, 0.717) is 6.29 Å². The second kappa shape index (κ2) is 5.75. The van der Waals surface area contributed by atoms with Gasteiger partial charge in [-0.1, -0.05) is 15.9 Å². The molecule has 0 aromatic heterocycles. The molecule has 3 nitrogen and oxygen atoms in total. The van der Waals surface area contributed by atoms with Gasteiger partial charge in [0.2, 0.25) is 0 Å². The molecule has 0 rings (SSSR count). The van der Waals surface area contributed by atoms with Crippen molar-refractivity contribution in [3.05, 3.63) is 0 Å². The van der Waals surface area contributed by atoms with E-state index in [1.807, 2.05) is 0 Å². The lowest BCUT2D eigenvalue weighted by Crippen LogP contribution is -2.06. The summed E-state index contributed by atoms with van der Waals surface area (Å²) < 4.78 is 4.51. The molecule has 52 valence electrons. The zero-order chi connectivity index (χ0) is 7.11. The van der Waals surface area contributed by atoms with Crippen molar-refractivity contribution in [1.29, 1.82) is 0 Å². The van der Waals surface area contributed by atoms with Gasteiger partial charge in [0.1, 0.15) is 11.6 Å². The monoisotopic (exact) mass is 194 g/mol. The summed E-state index contributed by atoms with van der Waals surface area (Å²) in [6.45, 7) is 0.188. The number of rotatable bonds is 4. The van der Waals surface area contributed by atoms with Crippen LogP contribution in [0.25, 0.3) is 0 Å². The van der Waals surface area contributed by atoms with Crippen LogP contribution in [0.1, 0.15) is 6.42 Å². The molecule has 0 saturated heterocycles. The quantitative estimate of drug-likeness (QED) is 0.284. The lowest BCUT2D eigenvalue weighted by atomic mass is 10.5. The van der Waals surface area contributed by atoms with Crippen molar-refractivity contribution in [2.75, 3.05) is 11.9 Å². The van der Waals surface area contributed by atoms with E-state index in [0.717, 1.165) is 0 Å². The maximum Gasteiger partial charge on any atom is 0.316 e. The molecule has 0 saturated carbocycles. The van der Waals surface area contributed by atoms with Crippen LogP contribution >= 0.6 is 15.9 Å². The first-order chi connectivity index (χ1) is 4.31. The number of halogens is 1. The van der Waals surface area contributed by atoms with E-state index >= 15 is 0 Å². The number of esters is 1. The summed E-state index contributed by atoms with van der Waals surface area (Å²) in [5.74, 6) is -0.336. The fourth-order valence-electron chi connectivity index (χ4n) is 0.259. The predicted octanol–water partition coefficient (Wildman–Crippen LogP) is 0.513. The summed E-state index contributed by atoms with van der Waals surface area (Å²) in [5, 5.41) is 0.186. The minimum atomic E-state index is -0.336.